The first kappa shape index (κ1) is 10.8. The van der Waals surface area contributed by atoms with Gasteiger partial charge in [0.25, 0.3) is 0 Å². The summed E-state index contributed by atoms with van der Waals surface area (Å²) in [6.07, 6.45) is 2.64. The zero-order valence-corrected chi connectivity index (χ0v) is 8.93. The van der Waals surface area contributed by atoms with Crippen LogP contribution in [0.3, 0.4) is 0 Å². The minimum absolute atomic E-state index is 0.0460. The maximum absolute atomic E-state index is 13.5. The molecule has 1 aromatic rings. The minimum Gasteiger partial charge on any atom is -0.321 e. The zero-order valence-electron chi connectivity index (χ0n) is 8.11. The molecule has 82 valence electrons. The fourth-order valence-electron chi connectivity index (χ4n) is 1.53. The molecule has 0 saturated heterocycles. The fraction of sp³-hybridized carbons (Fsp3) is 0.400. The Balaban J connectivity index is 2.59. The molecule has 0 amide bonds. The van der Waals surface area contributed by atoms with Gasteiger partial charge < -0.3 is 5.73 Å². The molecule has 0 bridgehead atoms. The van der Waals surface area contributed by atoms with Crippen molar-refractivity contribution in [2.75, 3.05) is 6.26 Å². The van der Waals surface area contributed by atoms with Crippen LogP contribution >= 0.6 is 11.8 Å². The molecule has 2 N–H and O–H groups in total. The van der Waals surface area contributed by atoms with Crippen molar-refractivity contribution in [2.24, 2.45) is 5.73 Å². The van der Waals surface area contributed by atoms with Gasteiger partial charge in [0.2, 0.25) is 0 Å². The van der Waals surface area contributed by atoms with E-state index in [2.05, 4.69) is 0 Å². The summed E-state index contributed by atoms with van der Waals surface area (Å²) in [7, 11) is 0. The average Bonchev–Trinajstić information content (AvgIpc) is 2.92. The molecule has 0 heterocycles. The van der Waals surface area contributed by atoms with Gasteiger partial charge in [-0.15, -0.1) is 11.8 Å². The summed E-state index contributed by atoms with van der Waals surface area (Å²) < 4.78 is 40.3. The predicted molar refractivity (Wildman–Crippen MR) is 53.2 cm³/mol. The molecular weight excluding hydrogens is 223 g/mol. The number of hydrogen-bond donors (Lipinski definition) is 1. The molecule has 1 fully saturated rings. The normalized spacial score (nSPS) is 17.9. The summed E-state index contributed by atoms with van der Waals surface area (Å²) in [6, 6.07) is 1.01. The molecular formula is C10H10F3NS. The SMILES string of the molecule is CSc1c(F)cc(C2(N)CC2)c(F)c1F. The molecule has 15 heavy (non-hydrogen) atoms. The highest BCUT2D eigenvalue weighted by atomic mass is 32.2. The van der Waals surface area contributed by atoms with Crippen LogP contribution < -0.4 is 5.73 Å². The second kappa shape index (κ2) is 3.42. The highest BCUT2D eigenvalue weighted by Crippen LogP contribution is 2.45. The molecule has 1 aromatic carbocycles. The zero-order chi connectivity index (χ0) is 11.2. The summed E-state index contributed by atoms with van der Waals surface area (Å²) in [5, 5.41) is 0. The van der Waals surface area contributed by atoms with Gasteiger partial charge in [0.05, 0.1) is 4.90 Å². The summed E-state index contributed by atoms with van der Waals surface area (Å²) in [5.41, 5.74) is 4.81. The standard InChI is InChI=1S/C10H10F3NS/c1-15-9-6(11)4-5(7(12)8(9)13)10(14)2-3-10/h4H,2-3,14H2,1H3. The Labute approximate surface area is 89.8 Å². The van der Waals surface area contributed by atoms with E-state index in [1.165, 1.54) is 6.26 Å². The molecule has 2 rings (SSSR count). The number of hydrogen-bond acceptors (Lipinski definition) is 2. The van der Waals surface area contributed by atoms with Crippen molar-refractivity contribution in [1.82, 2.24) is 0 Å². The molecule has 0 radical (unpaired) electrons. The molecule has 0 aromatic heterocycles. The quantitative estimate of drug-likeness (QED) is 0.628. The van der Waals surface area contributed by atoms with Crippen molar-refractivity contribution >= 4 is 11.8 Å². The Hall–Kier alpha value is -0.680. The first-order valence-electron chi connectivity index (χ1n) is 4.50. The third kappa shape index (κ3) is 1.63. The Morgan fingerprint density at radius 2 is 1.87 bits per heavy atom. The van der Waals surface area contributed by atoms with Crippen LogP contribution in [-0.2, 0) is 5.54 Å². The van der Waals surface area contributed by atoms with Gasteiger partial charge in [0.1, 0.15) is 5.82 Å². The van der Waals surface area contributed by atoms with E-state index in [1.54, 1.807) is 0 Å². The van der Waals surface area contributed by atoms with Crippen LogP contribution in [-0.4, -0.2) is 6.26 Å². The fourth-order valence-corrected chi connectivity index (χ4v) is 2.05. The van der Waals surface area contributed by atoms with Gasteiger partial charge in [0, 0.05) is 11.1 Å². The summed E-state index contributed by atoms with van der Waals surface area (Å²) in [4.78, 5) is -0.291. The molecule has 0 spiro atoms. The Kier molecular flexibility index (Phi) is 2.47. The summed E-state index contributed by atoms with van der Waals surface area (Å²) in [6.45, 7) is 0. The lowest BCUT2D eigenvalue weighted by Crippen LogP contribution is -2.21. The number of thioether (sulfide) groups is 1. The third-order valence-corrected chi connectivity index (χ3v) is 3.43. The lowest BCUT2D eigenvalue weighted by Gasteiger charge is -2.13. The highest BCUT2D eigenvalue weighted by molar-refractivity contribution is 7.98. The molecule has 1 nitrogen and oxygen atoms in total. The van der Waals surface area contributed by atoms with Crippen molar-refractivity contribution in [3.63, 3.8) is 0 Å². The topological polar surface area (TPSA) is 26.0 Å². The highest BCUT2D eigenvalue weighted by Gasteiger charge is 2.43. The number of rotatable bonds is 2. The molecule has 0 atom stereocenters. The number of benzene rings is 1. The third-order valence-electron chi connectivity index (χ3n) is 2.65. The first-order valence-corrected chi connectivity index (χ1v) is 5.73. The largest absolute Gasteiger partial charge is 0.321 e. The van der Waals surface area contributed by atoms with Crippen LogP contribution in [0, 0.1) is 17.5 Å². The van der Waals surface area contributed by atoms with Crippen LogP contribution in [0.15, 0.2) is 11.0 Å². The van der Waals surface area contributed by atoms with Crippen molar-refractivity contribution < 1.29 is 13.2 Å². The van der Waals surface area contributed by atoms with Gasteiger partial charge in [-0.2, -0.15) is 0 Å². The molecule has 1 saturated carbocycles. The van der Waals surface area contributed by atoms with Crippen molar-refractivity contribution in [2.45, 2.75) is 23.3 Å². The van der Waals surface area contributed by atoms with E-state index >= 15 is 0 Å². The maximum atomic E-state index is 13.5. The van der Waals surface area contributed by atoms with Gasteiger partial charge in [-0.25, -0.2) is 13.2 Å². The molecule has 0 aliphatic heterocycles. The van der Waals surface area contributed by atoms with Crippen molar-refractivity contribution in [3.05, 3.63) is 29.1 Å². The van der Waals surface area contributed by atoms with E-state index in [0.717, 1.165) is 17.8 Å². The van der Waals surface area contributed by atoms with Gasteiger partial charge in [-0.1, -0.05) is 0 Å². The lowest BCUT2D eigenvalue weighted by molar-refractivity contribution is 0.448. The molecule has 1 aliphatic carbocycles. The first-order chi connectivity index (χ1) is 6.99. The van der Waals surface area contributed by atoms with Gasteiger partial charge in [0.15, 0.2) is 11.6 Å². The van der Waals surface area contributed by atoms with Crippen LogP contribution in [0.1, 0.15) is 18.4 Å². The van der Waals surface area contributed by atoms with Crippen LogP contribution in [0.4, 0.5) is 13.2 Å². The summed E-state index contributed by atoms with van der Waals surface area (Å²) >= 11 is 0.845. The van der Waals surface area contributed by atoms with E-state index < -0.39 is 23.0 Å². The van der Waals surface area contributed by atoms with E-state index in [-0.39, 0.29) is 10.5 Å². The smallest absolute Gasteiger partial charge is 0.175 e. The molecule has 1 aliphatic rings. The minimum atomic E-state index is -1.13. The van der Waals surface area contributed by atoms with E-state index in [4.69, 9.17) is 5.73 Å². The summed E-state index contributed by atoms with van der Waals surface area (Å²) in [5.74, 6) is -2.89. The van der Waals surface area contributed by atoms with Gasteiger partial charge in [-0.3, -0.25) is 0 Å². The second-order valence-electron chi connectivity index (χ2n) is 3.72. The monoisotopic (exact) mass is 233 g/mol. The van der Waals surface area contributed by atoms with E-state index in [0.29, 0.717) is 12.8 Å². The number of halogens is 3. The van der Waals surface area contributed by atoms with Crippen molar-refractivity contribution in [1.29, 1.82) is 0 Å². The lowest BCUT2D eigenvalue weighted by atomic mass is 10.0. The Morgan fingerprint density at radius 3 is 2.33 bits per heavy atom. The number of nitrogens with two attached hydrogens (primary N) is 1. The Bertz CT molecular complexity index is 416. The predicted octanol–water partition coefficient (Wildman–Crippen LogP) is 2.77. The van der Waals surface area contributed by atoms with Crippen LogP contribution in [0.2, 0.25) is 0 Å². The van der Waals surface area contributed by atoms with Crippen molar-refractivity contribution in [3.8, 4) is 0 Å². The van der Waals surface area contributed by atoms with Crippen LogP contribution in [0.25, 0.3) is 0 Å². The maximum Gasteiger partial charge on any atom is 0.175 e. The second-order valence-corrected chi connectivity index (χ2v) is 4.54. The van der Waals surface area contributed by atoms with E-state index in [9.17, 15) is 13.2 Å². The van der Waals surface area contributed by atoms with E-state index in [1.807, 2.05) is 0 Å². The molecule has 5 heteroatoms. The molecule has 0 unspecified atom stereocenters. The van der Waals surface area contributed by atoms with Gasteiger partial charge in [-0.05, 0) is 25.2 Å². The average molecular weight is 233 g/mol. The Morgan fingerprint density at radius 1 is 1.27 bits per heavy atom. The van der Waals surface area contributed by atoms with Crippen LogP contribution in [0.5, 0.6) is 0 Å². The van der Waals surface area contributed by atoms with Gasteiger partial charge >= 0.3 is 0 Å².